The number of hydrogen-bond acceptors (Lipinski definition) is 1. The van der Waals surface area contributed by atoms with E-state index in [4.69, 9.17) is 11.6 Å². The van der Waals surface area contributed by atoms with Crippen LogP contribution >= 0.6 is 11.6 Å². The van der Waals surface area contributed by atoms with E-state index in [9.17, 15) is 4.79 Å². The first kappa shape index (κ1) is 15.0. The van der Waals surface area contributed by atoms with Crippen LogP contribution in [0.2, 0.25) is 0 Å². The lowest BCUT2D eigenvalue weighted by Gasteiger charge is -2.28. The molecular formula is C15H27ClO. The van der Waals surface area contributed by atoms with Gasteiger partial charge < -0.3 is 0 Å². The molecular weight excluding hydrogens is 232 g/mol. The van der Waals surface area contributed by atoms with Gasteiger partial charge in [-0.15, -0.1) is 0 Å². The molecule has 0 aromatic rings. The highest BCUT2D eigenvalue weighted by Gasteiger charge is 2.20. The molecule has 17 heavy (non-hydrogen) atoms. The van der Waals surface area contributed by atoms with Gasteiger partial charge in [0.25, 0.3) is 0 Å². The summed E-state index contributed by atoms with van der Waals surface area (Å²) in [6, 6.07) is 0. The molecule has 0 atom stereocenters. The molecule has 0 aromatic heterocycles. The van der Waals surface area contributed by atoms with E-state index in [-0.39, 0.29) is 5.24 Å². The second-order valence-corrected chi connectivity index (χ2v) is 6.05. The van der Waals surface area contributed by atoms with E-state index in [0.29, 0.717) is 6.42 Å². The molecule has 0 heterocycles. The van der Waals surface area contributed by atoms with Gasteiger partial charge in [0.05, 0.1) is 0 Å². The van der Waals surface area contributed by atoms with E-state index < -0.39 is 0 Å². The van der Waals surface area contributed by atoms with Crippen LogP contribution in [0.5, 0.6) is 0 Å². The lowest BCUT2D eigenvalue weighted by atomic mass is 9.78. The van der Waals surface area contributed by atoms with E-state index in [0.717, 1.165) is 18.3 Å². The number of hydrogen-bond donors (Lipinski definition) is 0. The Morgan fingerprint density at radius 2 is 1.53 bits per heavy atom. The summed E-state index contributed by atoms with van der Waals surface area (Å²) >= 11 is 5.35. The van der Waals surface area contributed by atoms with Crippen molar-refractivity contribution in [2.24, 2.45) is 11.8 Å². The van der Waals surface area contributed by atoms with Crippen molar-refractivity contribution in [2.45, 2.75) is 77.6 Å². The summed E-state index contributed by atoms with van der Waals surface area (Å²) in [5.74, 6) is 1.86. The molecule has 1 aliphatic rings. The predicted molar refractivity (Wildman–Crippen MR) is 74.3 cm³/mol. The predicted octanol–water partition coefficient (Wildman–Crippen LogP) is 5.31. The Morgan fingerprint density at radius 1 is 1.00 bits per heavy atom. The third-order valence-corrected chi connectivity index (χ3v) is 4.36. The van der Waals surface area contributed by atoms with Crippen molar-refractivity contribution in [3.63, 3.8) is 0 Å². The van der Waals surface area contributed by atoms with Crippen LogP contribution in [0.15, 0.2) is 0 Å². The number of halogens is 1. The van der Waals surface area contributed by atoms with Gasteiger partial charge in [0.2, 0.25) is 5.24 Å². The summed E-state index contributed by atoms with van der Waals surface area (Å²) in [6.07, 6.45) is 14.0. The van der Waals surface area contributed by atoms with Crippen molar-refractivity contribution >= 4 is 16.8 Å². The molecule has 2 heteroatoms. The van der Waals surface area contributed by atoms with Crippen molar-refractivity contribution in [3.8, 4) is 0 Å². The van der Waals surface area contributed by atoms with Gasteiger partial charge >= 0.3 is 0 Å². The first-order chi connectivity index (χ1) is 8.22. The molecule has 1 nitrogen and oxygen atoms in total. The van der Waals surface area contributed by atoms with E-state index in [1.165, 1.54) is 57.8 Å². The fourth-order valence-corrected chi connectivity index (χ4v) is 3.16. The number of rotatable bonds is 8. The minimum atomic E-state index is -0.168. The Hall–Kier alpha value is -0.0400. The summed E-state index contributed by atoms with van der Waals surface area (Å²) in [5.41, 5.74) is 0. The van der Waals surface area contributed by atoms with E-state index >= 15 is 0 Å². The van der Waals surface area contributed by atoms with Crippen molar-refractivity contribution in [3.05, 3.63) is 0 Å². The van der Waals surface area contributed by atoms with Crippen molar-refractivity contribution in [1.29, 1.82) is 0 Å². The van der Waals surface area contributed by atoms with Gasteiger partial charge in [-0.1, -0.05) is 58.3 Å². The van der Waals surface area contributed by atoms with Gasteiger partial charge in [0, 0.05) is 6.42 Å². The Balaban J connectivity index is 2.03. The molecule has 1 rings (SSSR count). The highest BCUT2D eigenvalue weighted by Crippen LogP contribution is 2.34. The smallest absolute Gasteiger partial charge is 0.221 e. The third kappa shape index (κ3) is 7.08. The maximum atomic E-state index is 10.6. The summed E-state index contributed by atoms with van der Waals surface area (Å²) in [5, 5.41) is -0.168. The van der Waals surface area contributed by atoms with Gasteiger partial charge in [-0.2, -0.15) is 0 Å². The van der Waals surface area contributed by atoms with Crippen LogP contribution in [0.1, 0.15) is 77.6 Å². The Labute approximate surface area is 111 Å². The molecule has 1 saturated carbocycles. The maximum absolute atomic E-state index is 10.6. The zero-order valence-corrected chi connectivity index (χ0v) is 12.0. The molecule has 0 unspecified atom stereocenters. The van der Waals surface area contributed by atoms with Gasteiger partial charge in [0.15, 0.2) is 0 Å². The second kappa shape index (κ2) is 8.97. The fraction of sp³-hybridized carbons (Fsp3) is 0.933. The van der Waals surface area contributed by atoms with E-state index in [1.807, 2.05) is 0 Å². The van der Waals surface area contributed by atoms with Gasteiger partial charge in [-0.05, 0) is 36.3 Å². The molecule has 100 valence electrons. The Morgan fingerprint density at radius 3 is 2.00 bits per heavy atom. The zero-order chi connectivity index (χ0) is 12.5. The van der Waals surface area contributed by atoms with Crippen LogP contribution in [-0.4, -0.2) is 5.24 Å². The van der Waals surface area contributed by atoms with Crippen LogP contribution in [0.25, 0.3) is 0 Å². The number of unbranched alkanes of at least 4 members (excludes halogenated alkanes) is 2. The van der Waals surface area contributed by atoms with Crippen LogP contribution < -0.4 is 0 Å². The molecule has 0 spiro atoms. The van der Waals surface area contributed by atoms with Gasteiger partial charge in [0.1, 0.15) is 0 Å². The number of carbonyl (C=O) groups is 1. The van der Waals surface area contributed by atoms with Crippen molar-refractivity contribution in [1.82, 2.24) is 0 Å². The molecule has 0 N–H and O–H groups in total. The third-order valence-electron chi connectivity index (χ3n) is 4.17. The molecule has 0 saturated heterocycles. The van der Waals surface area contributed by atoms with Crippen molar-refractivity contribution in [2.75, 3.05) is 0 Å². The summed E-state index contributed by atoms with van der Waals surface area (Å²) in [4.78, 5) is 10.6. The summed E-state index contributed by atoms with van der Waals surface area (Å²) in [6.45, 7) is 2.27. The first-order valence-corrected chi connectivity index (χ1v) is 7.78. The van der Waals surface area contributed by atoms with Crippen LogP contribution in [0.4, 0.5) is 0 Å². The minimum Gasteiger partial charge on any atom is -0.281 e. The molecule has 0 amide bonds. The topological polar surface area (TPSA) is 17.1 Å². The average Bonchev–Trinajstić information content (AvgIpc) is 2.31. The molecule has 1 aliphatic carbocycles. The fourth-order valence-electron chi connectivity index (χ4n) is 3.02. The molecule has 0 bridgehead atoms. The molecule has 1 fully saturated rings. The summed E-state index contributed by atoms with van der Waals surface area (Å²) < 4.78 is 0. The Kier molecular flexibility index (Phi) is 7.92. The first-order valence-electron chi connectivity index (χ1n) is 7.40. The minimum absolute atomic E-state index is 0.168. The van der Waals surface area contributed by atoms with E-state index in [2.05, 4.69) is 6.92 Å². The number of carbonyl (C=O) groups excluding carboxylic acids is 1. The lowest BCUT2D eigenvalue weighted by Crippen LogP contribution is -2.14. The van der Waals surface area contributed by atoms with Gasteiger partial charge in [-0.3, -0.25) is 4.79 Å². The lowest BCUT2D eigenvalue weighted by molar-refractivity contribution is -0.111. The zero-order valence-electron chi connectivity index (χ0n) is 11.2. The average molecular weight is 259 g/mol. The molecule has 0 radical (unpaired) electrons. The highest BCUT2D eigenvalue weighted by molar-refractivity contribution is 6.63. The SMILES string of the molecule is CCCCCC1CCC(CCCC(=O)Cl)CC1. The summed E-state index contributed by atoms with van der Waals surface area (Å²) in [7, 11) is 0. The standard InChI is InChI=1S/C15H27ClO/c1-2-3-4-6-13-9-11-14(12-10-13)7-5-8-15(16)17/h13-14H,2-12H2,1H3. The van der Waals surface area contributed by atoms with Crippen LogP contribution in [-0.2, 0) is 4.79 Å². The van der Waals surface area contributed by atoms with Crippen LogP contribution in [0.3, 0.4) is 0 Å². The van der Waals surface area contributed by atoms with E-state index in [1.54, 1.807) is 0 Å². The Bertz CT molecular complexity index is 207. The highest BCUT2D eigenvalue weighted by atomic mass is 35.5. The largest absolute Gasteiger partial charge is 0.281 e. The normalized spacial score (nSPS) is 24.8. The van der Waals surface area contributed by atoms with Crippen LogP contribution in [0, 0.1) is 11.8 Å². The quantitative estimate of drug-likeness (QED) is 0.426. The van der Waals surface area contributed by atoms with Crippen molar-refractivity contribution < 1.29 is 4.79 Å². The molecule has 0 aliphatic heterocycles. The monoisotopic (exact) mass is 258 g/mol. The molecule has 0 aromatic carbocycles. The second-order valence-electron chi connectivity index (χ2n) is 5.63. The van der Waals surface area contributed by atoms with Gasteiger partial charge in [-0.25, -0.2) is 0 Å². The maximum Gasteiger partial charge on any atom is 0.221 e.